The van der Waals surface area contributed by atoms with Crippen LogP contribution in [0.25, 0.3) is 11.3 Å². The third kappa shape index (κ3) is 4.35. The first-order valence-electron chi connectivity index (χ1n) is 8.86. The highest BCUT2D eigenvalue weighted by molar-refractivity contribution is 6.33. The number of nitrogens with zero attached hydrogens (tertiary/aromatic N) is 1. The molecule has 0 spiro atoms. The summed E-state index contributed by atoms with van der Waals surface area (Å²) in [5, 5.41) is 6.81. The Morgan fingerprint density at radius 1 is 1.24 bits per heavy atom. The van der Waals surface area contributed by atoms with E-state index in [-0.39, 0.29) is 27.6 Å². The number of rotatable bonds is 7. The maximum Gasteiger partial charge on any atom is 0.257 e. The van der Waals surface area contributed by atoms with Crippen LogP contribution >= 0.6 is 11.6 Å². The summed E-state index contributed by atoms with van der Waals surface area (Å²) in [5.74, 6) is 0.648. The highest BCUT2D eigenvalue weighted by Crippen LogP contribution is 2.33. The number of ether oxygens (including phenoxy) is 2. The summed E-state index contributed by atoms with van der Waals surface area (Å²) in [4.78, 5) is 12.8. The van der Waals surface area contributed by atoms with Gasteiger partial charge in [0.2, 0.25) is 0 Å². The smallest absolute Gasteiger partial charge is 0.257 e. The van der Waals surface area contributed by atoms with Crippen molar-refractivity contribution >= 4 is 17.5 Å². The average Bonchev–Trinajstić information content (AvgIpc) is 3.08. The summed E-state index contributed by atoms with van der Waals surface area (Å²) in [6.45, 7) is 1.91. The molecule has 3 aromatic rings. The Hall–Kier alpha value is -3.06. The van der Waals surface area contributed by atoms with E-state index in [0.717, 1.165) is 5.56 Å². The quantitative estimate of drug-likeness (QED) is 0.614. The van der Waals surface area contributed by atoms with Gasteiger partial charge in [0, 0.05) is 6.54 Å². The number of halogens is 2. The summed E-state index contributed by atoms with van der Waals surface area (Å²) in [5.41, 5.74) is 1.13. The minimum atomic E-state index is -0.582. The third-order valence-electron chi connectivity index (χ3n) is 4.46. The molecule has 2 aromatic carbocycles. The summed E-state index contributed by atoms with van der Waals surface area (Å²) in [6, 6.07) is 9.71. The number of nitrogens with one attached hydrogen (secondary N) is 1. The van der Waals surface area contributed by atoms with E-state index in [2.05, 4.69) is 10.5 Å². The van der Waals surface area contributed by atoms with Crippen molar-refractivity contribution in [1.82, 2.24) is 10.5 Å². The summed E-state index contributed by atoms with van der Waals surface area (Å²) < 4.78 is 30.0. The zero-order valence-electron chi connectivity index (χ0n) is 16.2. The van der Waals surface area contributed by atoms with Gasteiger partial charge in [-0.15, -0.1) is 0 Å². The molecular weight excluding hydrogens is 399 g/mol. The van der Waals surface area contributed by atoms with Gasteiger partial charge >= 0.3 is 0 Å². The van der Waals surface area contributed by atoms with Crippen LogP contribution in [0.5, 0.6) is 11.5 Å². The number of hydrogen-bond acceptors (Lipinski definition) is 5. The van der Waals surface area contributed by atoms with Crippen LogP contribution in [0.4, 0.5) is 4.39 Å². The van der Waals surface area contributed by atoms with E-state index in [1.165, 1.54) is 18.2 Å². The van der Waals surface area contributed by atoms with Crippen LogP contribution in [0.15, 0.2) is 40.9 Å². The zero-order valence-corrected chi connectivity index (χ0v) is 17.0. The first kappa shape index (κ1) is 20.7. The summed E-state index contributed by atoms with van der Waals surface area (Å²) in [6.07, 6.45) is 0.506. The van der Waals surface area contributed by atoms with Gasteiger partial charge in [0.1, 0.15) is 34.3 Å². The maximum absolute atomic E-state index is 14.3. The van der Waals surface area contributed by atoms with Crippen molar-refractivity contribution in [2.75, 3.05) is 20.8 Å². The lowest BCUT2D eigenvalue weighted by Crippen LogP contribution is -2.26. The van der Waals surface area contributed by atoms with Crippen LogP contribution < -0.4 is 14.8 Å². The predicted molar refractivity (Wildman–Crippen MR) is 107 cm³/mol. The molecule has 8 heteroatoms. The van der Waals surface area contributed by atoms with Crippen molar-refractivity contribution < 1.29 is 23.2 Å². The van der Waals surface area contributed by atoms with Gasteiger partial charge in [-0.2, -0.15) is 0 Å². The van der Waals surface area contributed by atoms with E-state index < -0.39 is 11.7 Å². The lowest BCUT2D eigenvalue weighted by molar-refractivity contribution is 0.0953. The Balaban J connectivity index is 1.79. The lowest BCUT2D eigenvalue weighted by Gasteiger charge is -2.11. The predicted octanol–water partition coefficient (Wildman–Crippen LogP) is 4.43. The fourth-order valence-corrected chi connectivity index (χ4v) is 3.26. The number of hydrogen-bond donors (Lipinski definition) is 1. The first-order valence-corrected chi connectivity index (χ1v) is 9.23. The SMILES string of the molecule is COc1ccc(OC)c(CCNC(=O)c2c(-c3c(F)cccc3Cl)noc2C)c1. The molecule has 1 heterocycles. The van der Waals surface area contributed by atoms with Gasteiger partial charge in [-0.25, -0.2) is 4.39 Å². The van der Waals surface area contributed by atoms with Gasteiger partial charge in [0.05, 0.1) is 24.8 Å². The van der Waals surface area contributed by atoms with Crippen molar-refractivity contribution in [2.24, 2.45) is 0 Å². The monoisotopic (exact) mass is 418 g/mol. The fraction of sp³-hybridized carbons (Fsp3) is 0.238. The van der Waals surface area contributed by atoms with Gasteiger partial charge < -0.3 is 19.3 Å². The number of aryl methyl sites for hydroxylation is 1. The molecule has 0 atom stereocenters. The summed E-state index contributed by atoms with van der Waals surface area (Å²) >= 11 is 6.12. The standard InChI is InChI=1S/C21H20ClFN2O4/c1-12-18(20(25-29-12)19-15(22)5-4-6-16(19)23)21(26)24-10-9-13-11-14(27-2)7-8-17(13)28-3/h4-8,11H,9-10H2,1-3H3,(H,24,26). The Bertz CT molecular complexity index is 1020. The number of methoxy groups -OCH3 is 2. The van der Waals surface area contributed by atoms with E-state index in [0.29, 0.717) is 24.5 Å². The van der Waals surface area contributed by atoms with Gasteiger partial charge in [0.15, 0.2) is 0 Å². The van der Waals surface area contributed by atoms with E-state index in [9.17, 15) is 9.18 Å². The van der Waals surface area contributed by atoms with E-state index in [1.807, 2.05) is 6.07 Å². The molecule has 0 bridgehead atoms. The van der Waals surface area contributed by atoms with Crippen molar-refractivity contribution in [3.05, 3.63) is 64.1 Å². The van der Waals surface area contributed by atoms with Crippen molar-refractivity contribution in [2.45, 2.75) is 13.3 Å². The van der Waals surface area contributed by atoms with Crippen LogP contribution in [0.3, 0.4) is 0 Å². The minimum Gasteiger partial charge on any atom is -0.497 e. The zero-order chi connectivity index (χ0) is 21.0. The minimum absolute atomic E-state index is 0.0330. The lowest BCUT2D eigenvalue weighted by atomic mass is 10.0. The van der Waals surface area contributed by atoms with E-state index >= 15 is 0 Å². The van der Waals surface area contributed by atoms with Gasteiger partial charge in [-0.05, 0) is 49.2 Å². The maximum atomic E-state index is 14.3. The second-order valence-electron chi connectivity index (χ2n) is 6.24. The molecule has 1 N–H and O–H groups in total. The van der Waals surface area contributed by atoms with Crippen molar-refractivity contribution in [3.63, 3.8) is 0 Å². The fourth-order valence-electron chi connectivity index (χ4n) is 3.01. The number of carbonyl (C=O) groups excluding carboxylic acids is 1. The number of benzene rings is 2. The Morgan fingerprint density at radius 2 is 2.03 bits per heavy atom. The Morgan fingerprint density at radius 3 is 2.72 bits per heavy atom. The van der Waals surface area contributed by atoms with Crippen LogP contribution in [-0.2, 0) is 6.42 Å². The molecule has 6 nitrogen and oxygen atoms in total. The topological polar surface area (TPSA) is 73.6 Å². The molecular formula is C21H20ClFN2O4. The molecule has 0 unspecified atom stereocenters. The molecule has 0 aliphatic rings. The average molecular weight is 419 g/mol. The highest BCUT2D eigenvalue weighted by atomic mass is 35.5. The third-order valence-corrected chi connectivity index (χ3v) is 4.77. The molecule has 0 fully saturated rings. The van der Waals surface area contributed by atoms with Crippen LogP contribution in [0.1, 0.15) is 21.7 Å². The van der Waals surface area contributed by atoms with Gasteiger partial charge in [0.25, 0.3) is 5.91 Å². The largest absolute Gasteiger partial charge is 0.497 e. The second-order valence-corrected chi connectivity index (χ2v) is 6.65. The molecule has 29 heavy (non-hydrogen) atoms. The molecule has 0 aliphatic carbocycles. The van der Waals surface area contributed by atoms with E-state index in [1.54, 1.807) is 33.3 Å². The molecule has 1 aromatic heterocycles. The molecule has 0 saturated carbocycles. The highest BCUT2D eigenvalue weighted by Gasteiger charge is 2.25. The van der Waals surface area contributed by atoms with Gasteiger partial charge in [-0.1, -0.05) is 22.8 Å². The molecule has 1 amide bonds. The number of amides is 1. The number of aromatic nitrogens is 1. The molecule has 0 saturated heterocycles. The molecule has 0 aliphatic heterocycles. The van der Waals surface area contributed by atoms with E-state index in [4.69, 9.17) is 25.6 Å². The Kier molecular flexibility index (Phi) is 6.39. The van der Waals surface area contributed by atoms with Crippen LogP contribution in [-0.4, -0.2) is 31.8 Å². The first-order chi connectivity index (χ1) is 14.0. The number of carbonyl (C=O) groups is 1. The Labute approximate surface area is 172 Å². The van der Waals surface area contributed by atoms with Crippen LogP contribution in [0.2, 0.25) is 5.02 Å². The van der Waals surface area contributed by atoms with Crippen molar-refractivity contribution in [3.8, 4) is 22.8 Å². The molecule has 152 valence electrons. The normalized spacial score (nSPS) is 10.7. The molecule has 3 rings (SSSR count). The van der Waals surface area contributed by atoms with Crippen molar-refractivity contribution in [1.29, 1.82) is 0 Å². The summed E-state index contributed by atoms with van der Waals surface area (Å²) in [7, 11) is 3.16. The molecule has 0 radical (unpaired) electrons. The van der Waals surface area contributed by atoms with Crippen LogP contribution in [0, 0.1) is 12.7 Å². The second kappa shape index (κ2) is 8.96. The van der Waals surface area contributed by atoms with Gasteiger partial charge in [-0.3, -0.25) is 4.79 Å².